The van der Waals surface area contributed by atoms with Crippen molar-refractivity contribution in [3.05, 3.63) is 46.0 Å². The van der Waals surface area contributed by atoms with Crippen LogP contribution in [0.3, 0.4) is 0 Å². The van der Waals surface area contributed by atoms with Crippen molar-refractivity contribution in [3.8, 4) is 11.5 Å². The molecule has 2 saturated carbocycles. The Bertz CT molecular complexity index is 1600. The highest BCUT2D eigenvalue weighted by Gasteiger charge is 2.48. The van der Waals surface area contributed by atoms with Crippen LogP contribution in [0.25, 0.3) is 0 Å². The van der Waals surface area contributed by atoms with E-state index in [0.717, 1.165) is 62.1 Å². The molecule has 2 saturated heterocycles. The lowest BCUT2D eigenvalue weighted by molar-refractivity contribution is -0.0540. The summed E-state index contributed by atoms with van der Waals surface area (Å²) in [4.78, 5) is 39.2. The van der Waals surface area contributed by atoms with E-state index in [1.54, 1.807) is 17.0 Å². The zero-order valence-electron chi connectivity index (χ0n) is 31.8. The van der Waals surface area contributed by atoms with Crippen molar-refractivity contribution >= 4 is 35.4 Å². The molecular formula is C40H56Cl2N4O6. The van der Waals surface area contributed by atoms with Crippen LogP contribution in [0.2, 0.25) is 10.3 Å². The minimum Gasteiger partial charge on any atom is -0.488 e. The Kier molecular flexibility index (Phi) is 11.8. The van der Waals surface area contributed by atoms with Gasteiger partial charge in [0.25, 0.3) is 0 Å². The van der Waals surface area contributed by atoms with E-state index < -0.39 is 11.2 Å². The van der Waals surface area contributed by atoms with Gasteiger partial charge < -0.3 is 28.7 Å². The lowest BCUT2D eigenvalue weighted by Gasteiger charge is -2.46. The quantitative estimate of drug-likeness (QED) is 0.209. The number of aromatic nitrogens is 2. The first kappa shape index (κ1) is 38.7. The number of halogens is 2. The Morgan fingerprint density at radius 3 is 1.71 bits per heavy atom. The van der Waals surface area contributed by atoms with E-state index in [1.165, 1.54) is 6.42 Å². The number of ether oxygens (including phenoxy) is 4. The number of aryl methyl sites for hydroxylation is 2. The fourth-order valence-corrected chi connectivity index (χ4v) is 8.86. The number of rotatable bonds is 11. The van der Waals surface area contributed by atoms with Crippen LogP contribution >= 0.6 is 23.2 Å². The maximum Gasteiger partial charge on any atom is 0.410 e. The van der Waals surface area contributed by atoms with E-state index >= 15 is 0 Å². The fourth-order valence-electron chi connectivity index (χ4n) is 8.48. The molecule has 4 fully saturated rings. The largest absolute Gasteiger partial charge is 0.488 e. The zero-order chi connectivity index (χ0) is 37.4. The van der Waals surface area contributed by atoms with Gasteiger partial charge in [0.05, 0.1) is 11.4 Å². The second-order valence-corrected chi connectivity index (χ2v) is 17.9. The third-order valence-corrected chi connectivity index (χ3v) is 11.9. The van der Waals surface area contributed by atoms with Crippen molar-refractivity contribution < 1.29 is 28.5 Å². The van der Waals surface area contributed by atoms with Gasteiger partial charge in [-0.05, 0) is 135 Å². The molecule has 6 atom stereocenters. The highest BCUT2D eigenvalue weighted by atomic mass is 35.5. The molecule has 2 aliphatic heterocycles. The molecule has 2 aliphatic carbocycles. The van der Waals surface area contributed by atoms with Gasteiger partial charge in [-0.3, -0.25) is 0 Å². The van der Waals surface area contributed by atoms with Crippen molar-refractivity contribution in [2.24, 2.45) is 29.6 Å². The van der Waals surface area contributed by atoms with E-state index in [-0.39, 0.29) is 42.1 Å². The predicted octanol–water partition coefficient (Wildman–Crippen LogP) is 9.31. The van der Waals surface area contributed by atoms with Crippen LogP contribution < -0.4 is 9.47 Å². The van der Waals surface area contributed by atoms with Crippen LogP contribution in [0.1, 0.15) is 97.4 Å². The first-order valence-electron chi connectivity index (χ1n) is 19.1. The van der Waals surface area contributed by atoms with Gasteiger partial charge in [-0.1, -0.05) is 29.6 Å². The number of hydrogen-bond acceptors (Lipinski definition) is 8. The number of pyridine rings is 2. The first-order valence-corrected chi connectivity index (χ1v) is 19.9. The molecular weight excluding hydrogens is 703 g/mol. The zero-order valence-corrected chi connectivity index (χ0v) is 33.3. The van der Waals surface area contributed by atoms with Gasteiger partial charge in [0, 0.05) is 38.0 Å². The summed E-state index contributed by atoms with van der Waals surface area (Å²) in [5.74, 6) is 2.82. The summed E-state index contributed by atoms with van der Waals surface area (Å²) in [5, 5.41) is 0.879. The van der Waals surface area contributed by atoms with Crippen molar-refractivity contribution in [2.75, 3.05) is 26.2 Å². The Morgan fingerprint density at radius 1 is 0.731 bits per heavy atom. The number of carbonyl (C=O) groups excluding carboxylic acids is 2. The summed E-state index contributed by atoms with van der Waals surface area (Å²) < 4.78 is 25.4. The van der Waals surface area contributed by atoms with E-state index in [1.807, 2.05) is 65.5 Å². The summed E-state index contributed by atoms with van der Waals surface area (Å²) in [6, 6.07) is 7.31. The molecule has 0 spiro atoms. The maximum atomic E-state index is 13.7. The van der Waals surface area contributed by atoms with Crippen LogP contribution in [0.5, 0.6) is 11.5 Å². The Balaban J connectivity index is 1.09. The van der Waals surface area contributed by atoms with Gasteiger partial charge in [0.15, 0.2) is 0 Å². The molecule has 286 valence electrons. The Labute approximate surface area is 319 Å². The van der Waals surface area contributed by atoms with Crippen LogP contribution in [0, 0.1) is 43.4 Å². The third-order valence-electron chi connectivity index (χ3n) is 11.5. The molecule has 0 bridgehead atoms. The van der Waals surface area contributed by atoms with Gasteiger partial charge in [0.1, 0.15) is 45.2 Å². The van der Waals surface area contributed by atoms with Crippen LogP contribution in [0.15, 0.2) is 24.3 Å². The van der Waals surface area contributed by atoms with Gasteiger partial charge >= 0.3 is 12.2 Å². The molecule has 2 aromatic heterocycles. The Hall–Kier alpha value is -2.98. The fraction of sp³-hybridized carbons (Fsp3) is 0.700. The van der Waals surface area contributed by atoms with Crippen molar-refractivity contribution in [2.45, 2.75) is 123 Å². The monoisotopic (exact) mass is 758 g/mol. The van der Waals surface area contributed by atoms with Crippen molar-refractivity contribution in [3.63, 3.8) is 0 Å². The van der Waals surface area contributed by atoms with E-state index in [4.69, 9.17) is 42.1 Å². The average molecular weight is 760 g/mol. The second kappa shape index (κ2) is 15.8. The van der Waals surface area contributed by atoms with Crippen molar-refractivity contribution in [1.82, 2.24) is 19.8 Å². The van der Waals surface area contributed by atoms with E-state index in [9.17, 15) is 9.59 Å². The second-order valence-electron chi connectivity index (χ2n) is 17.1. The summed E-state index contributed by atoms with van der Waals surface area (Å²) in [6.45, 7) is 16.0. The molecule has 4 heterocycles. The van der Waals surface area contributed by atoms with Crippen molar-refractivity contribution in [1.29, 1.82) is 0 Å². The molecule has 10 nitrogen and oxygen atoms in total. The smallest absolute Gasteiger partial charge is 0.410 e. The number of nitrogens with zero attached hydrogens (tertiary/aromatic N) is 4. The summed E-state index contributed by atoms with van der Waals surface area (Å²) in [5.41, 5.74) is 0.284. The molecule has 2 amide bonds. The first-order chi connectivity index (χ1) is 24.5. The third kappa shape index (κ3) is 9.38. The lowest BCUT2D eigenvalue weighted by Crippen LogP contribution is -2.48. The maximum absolute atomic E-state index is 13.7. The lowest BCUT2D eigenvalue weighted by atomic mass is 9.64. The summed E-state index contributed by atoms with van der Waals surface area (Å²) >= 11 is 12.3. The van der Waals surface area contributed by atoms with Gasteiger partial charge in [-0.15, -0.1) is 0 Å². The minimum absolute atomic E-state index is 0.0233. The Morgan fingerprint density at radius 2 is 1.25 bits per heavy atom. The SMILES string of the molecule is Cc1nc(Cl)ccc1OC(C1CCC1)C1CCN(C(=O)OC(C)(C)CC2CCC2C(Oc2ccc(Cl)nc2C)C2CCN(C(=O)OC(C)(C)C)C2)C1. The number of likely N-dealkylation sites (tertiary alicyclic amines) is 2. The predicted molar refractivity (Wildman–Crippen MR) is 201 cm³/mol. The molecule has 0 radical (unpaired) electrons. The topological polar surface area (TPSA) is 103 Å². The summed E-state index contributed by atoms with van der Waals surface area (Å²) in [6.07, 6.45) is 7.26. The van der Waals surface area contributed by atoms with E-state index in [2.05, 4.69) is 9.97 Å². The standard InChI is InChI=1S/C40H56Cl2N4O6/c1-24-31(13-15-33(41)43-24)49-35(26-9-8-10-26)28-17-19-46(22-28)38(48)52-40(6,7)21-27-11-12-30(27)36(50-32-14-16-34(42)44-25(32)2)29-18-20-45(23-29)37(47)51-39(3,4)5/h13-16,26-30,35-36H,8-12,17-23H2,1-7H3. The normalized spacial score (nSPS) is 24.9. The molecule has 12 heteroatoms. The van der Waals surface area contributed by atoms with Crippen LogP contribution in [0.4, 0.5) is 9.59 Å². The van der Waals surface area contributed by atoms with Crippen LogP contribution in [-0.4, -0.2) is 81.5 Å². The molecule has 0 N–H and O–H groups in total. The van der Waals surface area contributed by atoms with Crippen LogP contribution in [-0.2, 0) is 9.47 Å². The highest BCUT2D eigenvalue weighted by molar-refractivity contribution is 6.29. The highest BCUT2D eigenvalue weighted by Crippen LogP contribution is 2.47. The minimum atomic E-state index is -0.672. The number of carbonyl (C=O) groups is 2. The van der Waals surface area contributed by atoms with Gasteiger partial charge in [-0.2, -0.15) is 0 Å². The summed E-state index contributed by atoms with van der Waals surface area (Å²) in [7, 11) is 0. The molecule has 4 aliphatic rings. The van der Waals surface area contributed by atoms with Gasteiger partial charge in [0.2, 0.25) is 0 Å². The van der Waals surface area contributed by atoms with E-state index in [0.29, 0.717) is 54.1 Å². The average Bonchev–Trinajstić information content (AvgIpc) is 3.70. The number of amides is 2. The number of hydrogen-bond donors (Lipinski definition) is 0. The molecule has 6 rings (SSSR count). The van der Waals surface area contributed by atoms with Gasteiger partial charge in [-0.25, -0.2) is 19.6 Å². The molecule has 0 aromatic carbocycles. The molecule has 6 unspecified atom stereocenters. The molecule has 2 aromatic rings. The molecule has 52 heavy (non-hydrogen) atoms.